The molecule has 1 saturated carbocycles. The van der Waals surface area contributed by atoms with Crippen molar-refractivity contribution in [2.24, 2.45) is 5.92 Å². The molecule has 0 radical (unpaired) electrons. The van der Waals surface area contributed by atoms with E-state index in [0.717, 1.165) is 36.9 Å². The molecule has 0 amide bonds. The van der Waals surface area contributed by atoms with Gasteiger partial charge in [0, 0.05) is 17.3 Å². The van der Waals surface area contributed by atoms with Crippen molar-refractivity contribution >= 4 is 0 Å². The number of nitrogens with zero attached hydrogens (tertiary/aromatic N) is 2. The molecule has 26 heavy (non-hydrogen) atoms. The van der Waals surface area contributed by atoms with Crippen molar-refractivity contribution in [3.05, 3.63) is 29.2 Å². The molecule has 1 fully saturated rings. The molecule has 0 unspecified atom stereocenters. The van der Waals surface area contributed by atoms with Gasteiger partial charge in [-0.15, -0.1) is 0 Å². The molecule has 0 bridgehead atoms. The fourth-order valence-electron chi connectivity index (χ4n) is 5.39. The maximum atomic E-state index is 9.92. The van der Waals surface area contributed by atoms with Gasteiger partial charge in [-0.1, -0.05) is 0 Å². The second-order valence-electron chi connectivity index (χ2n) is 8.89. The van der Waals surface area contributed by atoms with E-state index in [2.05, 4.69) is 35.0 Å². The number of H-pyrrole nitrogens is 1. The summed E-state index contributed by atoms with van der Waals surface area (Å²) in [4.78, 5) is 10.5. The van der Waals surface area contributed by atoms with Gasteiger partial charge in [0.05, 0.1) is 18.1 Å². The molecular weight excluding hydrogens is 322 g/mol. The minimum atomic E-state index is -0.235. The second kappa shape index (κ2) is 7.32. The van der Waals surface area contributed by atoms with Crippen LogP contribution in [-0.4, -0.2) is 46.2 Å². The molecular formula is C22H33N3O. The summed E-state index contributed by atoms with van der Waals surface area (Å²) < 4.78 is 0. The number of aliphatic hydroxyl groups excluding tert-OH is 1. The molecule has 4 nitrogen and oxygen atoms in total. The Morgan fingerprint density at radius 1 is 1.23 bits per heavy atom. The monoisotopic (exact) mass is 355 g/mol. The highest BCUT2D eigenvalue weighted by molar-refractivity contribution is 5.74. The molecule has 4 rings (SSSR count). The van der Waals surface area contributed by atoms with Crippen molar-refractivity contribution in [3.8, 4) is 11.3 Å². The van der Waals surface area contributed by atoms with Gasteiger partial charge in [-0.25, -0.2) is 4.98 Å². The third-order valence-corrected chi connectivity index (χ3v) is 6.76. The first-order chi connectivity index (χ1) is 12.5. The van der Waals surface area contributed by atoms with Crippen molar-refractivity contribution in [2.75, 3.05) is 14.1 Å². The number of aliphatic hydroxyl groups is 1. The van der Waals surface area contributed by atoms with E-state index in [1.54, 1.807) is 0 Å². The lowest BCUT2D eigenvalue weighted by molar-refractivity contribution is 0.174. The van der Waals surface area contributed by atoms with Gasteiger partial charge in [0.25, 0.3) is 0 Å². The zero-order chi connectivity index (χ0) is 18.3. The standard InChI is InChI=1S/C22H33N3O/c1-14(26)10-16-6-7-17-12-20-22(21(16)17)19(23-13-24-20)11-15-4-8-18(9-5-15)25(2)3/h12-16,18,26H,4-11H2,1-3H3,(H,23,24)/t14-,15?,16-,18?/m1/s1. The normalized spacial score (nSPS) is 27.2. The van der Waals surface area contributed by atoms with Crippen LogP contribution in [-0.2, 0) is 12.8 Å². The van der Waals surface area contributed by atoms with Crippen molar-refractivity contribution in [3.63, 3.8) is 0 Å². The van der Waals surface area contributed by atoms with Crippen LogP contribution in [0.3, 0.4) is 0 Å². The summed E-state index contributed by atoms with van der Waals surface area (Å²) in [5.41, 5.74) is 6.86. The van der Waals surface area contributed by atoms with Gasteiger partial charge in [-0.2, -0.15) is 0 Å². The molecule has 1 aliphatic heterocycles. The number of aromatic nitrogens is 2. The SMILES string of the molecule is C[C@@H](O)C[C@H]1CCc2cc3nc[nH]c(CC4CCC(N(C)C)CC4)c-3c21. The number of nitrogens with one attached hydrogen (secondary N) is 1. The number of aromatic amines is 1. The van der Waals surface area contributed by atoms with E-state index in [4.69, 9.17) is 0 Å². The molecule has 2 N–H and O–H groups in total. The Hall–Kier alpha value is -1.39. The van der Waals surface area contributed by atoms with E-state index < -0.39 is 0 Å². The van der Waals surface area contributed by atoms with Crippen LogP contribution in [0.4, 0.5) is 0 Å². The molecule has 2 atom stereocenters. The molecule has 0 spiro atoms. The average molecular weight is 356 g/mol. The van der Waals surface area contributed by atoms with Gasteiger partial charge in [-0.05, 0) is 101 Å². The predicted octanol–water partition coefficient (Wildman–Crippen LogP) is 3.98. The molecule has 0 aromatic heterocycles. The highest BCUT2D eigenvalue weighted by Gasteiger charge is 2.32. The summed E-state index contributed by atoms with van der Waals surface area (Å²) in [6.45, 7) is 1.91. The smallest absolute Gasteiger partial charge is 0.0928 e. The van der Waals surface area contributed by atoms with Crippen LogP contribution in [0.1, 0.15) is 68.2 Å². The lowest BCUT2D eigenvalue weighted by atomic mass is 9.81. The first kappa shape index (κ1) is 18.0. The van der Waals surface area contributed by atoms with Crippen LogP contribution in [0, 0.1) is 5.92 Å². The predicted molar refractivity (Wildman–Crippen MR) is 106 cm³/mol. The van der Waals surface area contributed by atoms with Gasteiger partial charge < -0.3 is 15.0 Å². The van der Waals surface area contributed by atoms with Crippen LogP contribution in [0.5, 0.6) is 0 Å². The number of hydrogen-bond donors (Lipinski definition) is 2. The molecule has 4 heteroatoms. The first-order valence-electron chi connectivity index (χ1n) is 10.3. The first-order valence-corrected chi connectivity index (χ1v) is 10.3. The van der Waals surface area contributed by atoms with Crippen molar-refractivity contribution < 1.29 is 5.11 Å². The minimum absolute atomic E-state index is 0.235. The van der Waals surface area contributed by atoms with Gasteiger partial charge in [-0.3, -0.25) is 0 Å². The number of hydrogen-bond acceptors (Lipinski definition) is 3. The van der Waals surface area contributed by atoms with Gasteiger partial charge >= 0.3 is 0 Å². The highest BCUT2D eigenvalue weighted by atomic mass is 16.3. The lowest BCUT2D eigenvalue weighted by Gasteiger charge is -2.33. The van der Waals surface area contributed by atoms with Gasteiger partial charge in [0.2, 0.25) is 0 Å². The minimum Gasteiger partial charge on any atom is -0.393 e. The molecule has 3 aliphatic carbocycles. The van der Waals surface area contributed by atoms with Crippen LogP contribution in [0.2, 0.25) is 0 Å². The largest absolute Gasteiger partial charge is 0.393 e. The molecule has 0 aromatic rings. The Morgan fingerprint density at radius 2 is 2.00 bits per heavy atom. The topological polar surface area (TPSA) is 52.2 Å². The molecule has 1 heterocycles. The van der Waals surface area contributed by atoms with E-state index in [0.29, 0.717) is 5.92 Å². The van der Waals surface area contributed by atoms with Crippen molar-refractivity contribution in [2.45, 2.75) is 76.4 Å². The second-order valence-corrected chi connectivity index (χ2v) is 8.89. The number of aryl methyl sites for hydroxylation is 1. The van der Waals surface area contributed by atoms with Crippen molar-refractivity contribution in [1.82, 2.24) is 14.9 Å². The van der Waals surface area contributed by atoms with Crippen molar-refractivity contribution in [1.29, 1.82) is 0 Å². The van der Waals surface area contributed by atoms with Crippen LogP contribution >= 0.6 is 0 Å². The summed E-state index contributed by atoms with van der Waals surface area (Å²) in [6.07, 6.45) is 11.2. The van der Waals surface area contributed by atoms with Crippen LogP contribution < -0.4 is 0 Å². The Bertz CT molecular complexity index is 712. The lowest BCUT2D eigenvalue weighted by Crippen LogP contribution is -2.32. The van der Waals surface area contributed by atoms with Gasteiger partial charge in [0.1, 0.15) is 0 Å². The van der Waals surface area contributed by atoms with E-state index in [1.807, 2.05) is 13.3 Å². The molecule has 0 saturated heterocycles. The molecule has 142 valence electrons. The summed E-state index contributed by atoms with van der Waals surface area (Å²) >= 11 is 0. The summed E-state index contributed by atoms with van der Waals surface area (Å²) in [5.74, 6) is 1.26. The summed E-state index contributed by atoms with van der Waals surface area (Å²) in [5, 5.41) is 9.92. The Balaban J connectivity index is 1.57. The Morgan fingerprint density at radius 3 is 2.69 bits per heavy atom. The maximum absolute atomic E-state index is 9.92. The van der Waals surface area contributed by atoms with E-state index in [-0.39, 0.29) is 6.10 Å². The quantitative estimate of drug-likeness (QED) is 0.853. The maximum Gasteiger partial charge on any atom is 0.0928 e. The fraction of sp³-hybridized carbons (Fsp3) is 0.682. The Kier molecular flexibility index (Phi) is 5.07. The summed E-state index contributed by atoms with van der Waals surface area (Å²) in [6, 6.07) is 3.05. The zero-order valence-corrected chi connectivity index (χ0v) is 16.5. The zero-order valence-electron chi connectivity index (χ0n) is 16.5. The molecule has 4 aliphatic rings. The Labute approximate surface area is 157 Å². The highest BCUT2D eigenvalue weighted by Crippen LogP contribution is 2.46. The van der Waals surface area contributed by atoms with E-state index in [9.17, 15) is 5.11 Å². The fourth-order valence-corrected chi connectivity index (χ4v) is 5.39. The van der Waals surface area contributed by atoms with Crippen LogP contribution in [0.15, 0.2) is 12.4 Å². The third kappa shape index (κ3) is 3.41. The third-order valence-electron chi connectivity index (χ3n) is 6.76. The number of fused-ring (bicyclic) bond motifs is 3. The van der Waals surface area contributed by atoms with Crippen LogP contribution in [0.25, 0.3) is 11.3 Å². The molecule has 0 aromatic carbocycles. The number of rotatable bonds is 5. The van der Waals surface area contributed by atoms with Gasteiger partial charge in [0.15, 0.2) is 0 Å². The van der Waals surface area contributed by atoms with E-state index >= 15 is 0 Å². The summed E-state index contributed by atoms with van der Waals surface area (Å²) in [7, 11) is 4.42. The average Bonchev–Trinajstić information content (AvgIpc) is 3.15. The van der Waals surface area contributed by atoms with E-state index in [1.165, 1.54) is 54.5 Å².